The van der Waals surface area contributed by atoms with Crippen molar-refractivity contribution in [1.29, 1.82) is 0 Å². The molecule has 0 aliphatic heterocycles. The van der Waals surface area contributed by atoms with E-state index in [1.165, 1.54) is 23.5 Å². The van der Waals surface area contributed by atoms with Gasteiger partial charge in [-0.2, -0.15) is 0 Å². The van der Waals surface area contributed by atoms with Gasteiger partial charge in [0.05, 0.1) is 22.8 Å². The molecule has 2 rings (SSSR count). The maximum absolute atomic E-state index is 13.4. The summed E-state index contributed by atoms with van der Waals surface area (Å²) in [6.07, 6.45) is -0.0108. The molecule has 5 nitrogen and oxygen atoms in total. The number of aryl methyl sites for hydroxylation is 1. The van der Waals surface area contributed by atoms with Crippen LogP contribution in [0.1, 0.15) is 10.7 Å². The van der Waals surface area contributed by atoms with Gasteiger partial charge < -0.3 is 10.1 Å². The number of anilines is 1. The third-order valence-electron chi connectivity index (χ3n) is 2.56. The number of benzene rings is 1. The number of nitrogens with zero attached hydrogens (tertiary/aromatic N) is 1. The molecule has 1 heterocycles. The summed E-state index contributed by atoms with van der Waals surface area (Å²) in [6, 6.07) is 3.77. The normalized spacial score (nSPS) is 10.3. The number of nitrogens with one attached hydrogen (secondary N) is 1. The number of amides is 1. The average Bonchev–Trinajstić information content (AvgIpc) is 2.86. The van der Waals surface area contributed by atoms with Crippen molar-refractivity contribution < 1.29 is 18.7 Å². The number of carbonyl (C=O) groups excluding carboxylic acids is 2. The first-order valence-corrected chi connectivity index (χ1v) is 7.51. The molecule has 1 amide bonds. The number of rotatable bonds is 5. The smallest absolute Gasteiger partial charge is 0.312 e. The van der Waals surface area contributed by atoms with E-state index in [1.54, 1.807) is 5.38 Å². The standard InChI is InChI=1S/C14H12ClFN2O3S/c1-8-17-10(7-22-8)5-14(20)21-6-13(19)18-12-4-9(15)2-3-11(12)16/h2-4,7H,5-6H2,1H3,(H,18,19). The molecule has 1 aromatic heterocycles. The Hall–Kier alpha value is -1.99. The Balaban J connectivity index is 1.82. The lowest BCUT2D eigenvalue weighted by Crippen LogP contribution is -2.22. The van der Waals surface area contributed by atoms with Crippen molar-refractivity contribution in [3.05, 3.63) is 45.1 Å². The van der Waals surface area contributed by atoms with Crippen LogP contribution in [0.3, 0.4) is 0 Å². The number of thiazole rings is 1. The fourth-order valence-electron chi connectivity index (χ4n) is 1.61. The van der Waals surface area contributed by atoms with Gasteiger partial charge in [0.1, 0.15) is 5.82 Å². The van der Waals surface area contributed by atoms with Crippen LogP contribution >= 0.6 is 22.9 Å². The number of ether oxygens (including phenoxy) is 1. The number of aromatic nitrogens is 1. The number of hydrogen-bond acceptors (Lipinski definition) is 5. The molecule has 0 bridgehead atoms. The molecule has 0 spiro atoms. The van der Waals surface area contributed by atoms with Gasteiger partial charge in [0, 0.05) is 10.4 Å². The number of halogens is 2. The zero-order valence-corrected chi connectivity index (χ0v) is 13.1. The molecule has 0 atom stereocenters. The van der Waals surface area contributed by atoms with E-state index in [0.29, 0.717) is 5.69 Å². The van der Waals surface area contributed by atoms with Gasteiger partial charge in [0.15, 0.2) is 6.61 Å². The van der Waals surface area contributed by atoms with Crippen LogP contribution in [0.5, 0.6) is 0 Å². The molecule has 0 fully saturated rings. The van der Waals surface area contributed by atoms with Crippen LogP contribution < -0.4 is 5.32 Å². The maximum atomic E-state index is 13.4. The molecule has 1 aromatic carbocycles. The van der Waals surface area contributed by atoms with E-state index in [0.717, 1.165) is 11.1 Å². The minimum atomic E-state index is -0.649. The van der Waals surface area contributed by atoms with Crippen molar-refractivity contribution in [3.63, 3.8) is 0 Å². The highest BCUT2D eigenvalue weighted by atomic mass is 35.5. The van der Waals surface area contributed by atoms with E-state index < -0.39 is 24.3 Å². The van der Waals surface area contributed by atoms with Gasteiger partial charge in [-0.1, -0.05) is 11.6 Å². The third-order valence-corrected chi connectivity index (χ3v) is 3.62. The largest absolute Gasteiger partial charge is 0.455 e. The lowest BCUT2D eigenvalue weighted by molar-refractivity contribution is -0.146. The van der Waals surface area contributed by atoms with Crippen LogP contribution in [0.4, 0.5) is 10.1 Å². The first-order chi connectivity index (χ1) is 10.4. The van der Waals surface area contributed by atoms with Gasteiger partial charge in [0.25, 0.3) is 5.91 Å². The summed E-state index contributed by atoms with van der Waals surface area (Å²) >= 11 is 7.13. The van der Waals surface area contributed by atoms with Gasteiger partial charge in [0.2, 0.25) is 0 Å². The van der Waals surface area contributed by atoms with E-state index in [2.05, 4.69) is 10.3 Å². The van der Waals surface area contributed by atoms with Crippen LogP contribution in [-0.2, 0) is 20.7 Å². The molecule has 2 aromatic rings. The monoisotopic (exact) mass is 342 g/mol. The van der Waals surface area contributed by atoms with Crippen LogP contribution in [0, 0.1) is 12.7 Å². The first kappa shape index (κ1) is 16.4. The first-order valence-electron chi connectivity index (χ1n) is 6.25. The van der Waals surface area contributed by atoms with Gasteiger partial charge in [-0.05, 0) is 25.1 Å². The van der Waals surface area contributed by atoms with Crippen LogP contribution in [0.25, 0.3) is 0 Å². The van der Waals surface area contributed by atoms with Gasteiger partial charge in [-0.15, -0.1) is 11.3 Å². The van der Waals surface area contributed by atoms with E-state index in [-0.39, 0.29) is 17.1 Å². The third kappa shape index (κ3) is 4.78. The molecule has 0 aliphatic rings. The fraction of sp³-hybridized carbons (Fsp3) is 0.214. The Bertz CT molecular complexity index is 705. The van der Waals surface area contributed by atoms with E-state index in [4.69, 9.17) is 16.3 Å². The molecule has 1 N–H and O–H groups in total. The highest BCUT2D eigenvalue weighted by Gasteiger charge is 2.12. The van der Waals surface area contributed by atoms with Crippen molar-refractivity contribution in [2.45, 2.75) is 13.3 Å². The summed E-state index contributed by atoms with van der Waals surface area (Å²) < 4.78 is 18.2. The summed E-state index contributed by atoms with van der Waals surface area (Å²) in [5.74, 6) is -1.85. The van der Waals surface area contributed by atoms with Crippen molar-refractivity contribution in [3.8, 4) is 0 Å². The molecule has 116 valence electrons. The molecule has 22 heavy (non-hydrogen) atoms. The Morgan fingerprint density at radius 2 is 2.23 bits per heavy atom. The molecule has 0 aliphatic carbocycles. The summed E-state index contributed by atoms with van der Waals surface area (Å²) in [5.41, 5.74) is 0.525. The Labute approximate surface area is 135 Å². The second kappa shape index (κ2) is 7.33. The zero-order chi connectivity index (χ0) is 16.1. The summed E-state index contributed by atoms with van der Waals surface area (Å²) in [7, 11) is 0. The molecule has 0 radical (unpaired) electrons. The summed E-state index contributed by atoms with van der Waals surface area (Å²) in [5, 5.41) is 5.16. The van der Waals surface area contributed by atoms with Gasteiger partial charge in [-0.3, -0.25) is 9.59 Å². The van der Waals surface area contributed by atoms with Crippen molar-refractivity contribution in [2.75, 3.05) is 11.9 Å². The molecular weight excluding hydrogens is 331 g/mol. The predicted molar refractivity (Wildman–Crippen MR) is 81.6 cm³/mol. The Morgan fingerprint density at radius 1 is 1.45 bits per heavy atom. The van der Waals surface area contributed by atoms with Crippen LogP contribution in [0.2, 0.25) is 5.02 Å². The van der Waals surface area contributed by atoms with Gasteiger partial charge >= 0.3 is 5.97 Å². The quantitative estimate of drug-likeness (QED) is 0.848. The van der Waals surface area contributed by atoms with E-state index in [9.17, 15) is 14.0 Å². The van der Waals surface area contributed by atoms with Crippen molar-refractivity contribution in [1.82, 2.24) is 4.98 Å². The highest BCUT2D eigenvalue weighted by Crippen LogP contribution is 2.19. The van der Waals surface area contributed by atoms with Crippen LogP contribution in [-0.4, -0.2) is 23.5 Å². The topological polar surface area (TPSA) is 68.3 Å². The molecule has 0 saturated carbocycles. The summed E-state index contributed by atoms with van der Waals surface area (Å²) in [6.45, 7) is 1.32. The van der Waals surface area contributed by atoms with Crippen LogP contribution in [0.15, 0.2) is 23.6 Å². The number of carbonyl (C=O) groups is 2. The summed E-state index contributed by atoms with van der Waals surface area (Å²) in [4.78, 5) is 27.3. The Morgan fingerprint density at radius 3 is 2.91 bits per heavy atom. The van der Waals surface area contributed by atoms with Gasteiger partial charge in [-0.25, -0.2) is 9.37 Å². The lowest BCUT2D eigenvalue weighted by Gasteiger charge is -2.07. The van der Waals surface area contributed by atoms with E-state index >= 15 is 0 Å². The average molecular weight is 343 g/mol. The van der Waals surface area contributed by atoms with Crippen molar-refractivity contribution >= 4 is 40.5 Å². The molecular formula is C14H12ClFN2O3S. The Kier molecular flexibility index (Phi) is 5.46. The SMILES string of the molecule is Cc1nc(CC(=O)OCC(=O)Nc2cc(Cl)ccc2F)cs1. The second-order valence-corrected chi connectivity index (χ2v) is 5.87. The van der Waals surface area contributed by atoms with E-state index in [1.807, 2.05) is 6.92 Å². The fourth-order valence-corrected chi connectivity index (χ4v) is 2.40. The highest BCUT2D eigenvalue weighted by molar-refractivity contribution is 7.09. The zero-order valence-electron chi connectivity index (χ0n) is 11.6. The number of esters is 1. The maximum Gasteiger partial charge on any atom is 0.312 e. The lowest BCUT2D eigenvalue weighted by atomic mass is 10.3. The molecule has 8 heteroatoms. The molecule has 0 unspecified atom stereocenters. The predicted octanol–water partition coefficient (Wildman–Crippen LogP) is 2.97. The molecule has 0 saturated heterocycles. The minimum Gasteiger partial charge on any atom is -0.455 e. The minimum absolute atomic E-state index is 0.0108. The van der Waals surface area contributed by atoms with Crippen molar-refractivity contribution in [2.24, 2.45) is 0 Å². The number of hydrogen-bond donors (Lipinski definition) is 1. The second-order valence-electron chi connectivity index (χ2n) is 4.37.